The smallest absolute Gasteiger partial charge is 0.0124 e. The van der Waals surface area contributed by atoms with Gasteiger partial charge in [0.15, 0.2) is 0 Å². The van der Waals surface area contributed by atoms with Crippen molar-refractivity contribution < 1.29 is 0 Å². The van der Waals surface area contributed by atoms with E-state index >= 15 is 0 Å². The third kappa shape index (κ3) is 1.31. The highest BCUT2D eigenvalue weighted by atomic mass is 15.2. The Labute approximate surface area is 69.8 Å². The van der Waals surface area contributed by atoms with E-state index in [2.05, 4.69) is 11.8 Å². The molecule has 2 aliphatic rings. The molecule has 0 amide bonds. The van der Waals surface area contributed by atoms with E-state index in [-0.39, 0.29) is 0 Å². The van der Waals surface area contributed by atoms with E-state index in [0.717, 1.165) is 12.0 Å². The molecule has 0 aromatic rings. The second-order valence-corrected chi connectivity index (χ2v) is 4.08. The monoisotopic (exact) mass is 153 g/mol. The molecule has 2 fully saturated rings. The van der Waals surface area contributed by atoms with Crippen molar-refractivity contribution in [3.63, 3.8) is 0 Å². The Bertz CT molecular complexity index is 131. The van der Waals surface area contributed by atoms with E-state index in [1.807, 2.05) is 0 Å². The summed E-state index contributed by atoms with van der Waals surface area (Å²) in [6.07, 6.45) is 7.30. The van der Waals surface area contributed by atoms with Crippen molar-refractivity contribution in [3.05, 3.63) is 0 Å². The van der Waals surface area contributed by atoms with Crippen LogP contribution in [0.5, 0.6) is 0 Å². The summed E-state index contributed by atoms with van der Waals surface area (Å²) in [5.41, 5.74) is 0. The van der Waals surface area contributed by atoms with Crippen LogP contribution in [-0.2, 0) is 0 Å². The van der Waals surface area contributed by atoms with Gasteiger partial charge in [-0.15, -0.1) is 0 Å². The van der Waals surface area contributed by atoms with Crippen molar-refractivity contribution in [2.24, 2.45) is 5.92 Å². The SMILES string of the molecule is CCCC1CCN2CCCC12. The Hall–Kier alpha value is -0.0400. The van der Waals surface area contributed by atoms with E-state index in [9.17, 15) is 0 Å². The topological polar surface area (TPSA) is 3.24 Å². The van der Waals surface area contributed by atoms with Crippen LogP contribution in [0.3, 0.4) is 0 Å². The highest BCUT2D eigenvalue weighted by molar-refractivity contribution is 4.90. The molecular formula is C10H19N. The minimum atomic E-state index is 0.995. The molecule has 11 heavy (non-hydrogen) atoms. The zero-order valence-corrected chi connectivity index (χ0v) is 7.55. The second kappa shape index (κ2) is 3.14. The molecule has 2 unspecified atom stereocenters. The summed E-state index contributed by atoms with van der Waals surface area (Å²) >= 11 is 0. The zero-order valence-electron chi connectivity index (χ0n) is 7.55. The van der Waals surface area contributed by atoms with Gasteiger partial charge in [-0.25, -0.2) is 0 Å². The van der Waals surface area contributed by atoms with Gasteiger partial charge in [0, 0.05) is 6.04 Å². The molecule has 0 aliphatic carbocycles. The molecule has 2 heterocycles. The first-order chi connectivity index (χ1) is 5.42. The third-order valence-electron chi connectivity index (χ3n) is 3.40. The first kappa shape index (κ1) is 7.60. The van der Waals surface area contributed by atoms with Gasteiger partial charge in [-0.05, 0) is 44.7 Å². The molecule has 2 saturated heterocycles. The Morgan fingerprint density at radius 1 is 1.27 bits per heavy atom. The Kier molecular flexibility index (Phi) is 2.17. The molecule has 2 rings (SSSR count). The quantitative estimate of drug-likeness (QED) is 0.588. The van der Waals surface area contributed by atoms with Gasteiger partial charge >= 0.3 is 0 Å². The van der Waals surface area contributed by atoms with Gasteiger partial charge in [-0.1, -0.05) is 13.3 Å². The molecule has 1 nitrogen and oxygen atoms in total. The van der Waals surface area contributed by atoms with Crippen molar-refractivity contribution in [1.82, 2.24) is 4.90 Å². The van der Waals surface area contributed by atoms with Crippen LogP contribution in [-0.4, -0.2) is 24.0 Å². The average molecular weight is 153 g/mol. The molecule has 2 atom stereocenters. The lowest BCUT2D eigenvalue weighted by atomic mass is 9.94. The number of rotatable bonds is 2. The van der Waals surface area contributed by atoms with Gasteiger partial charge in [0.05, 0.1) is 0 Å². The predicted octanol–water partition coefficient (Wildman–Crippen LogP) is 2.27. The minimum Gasteiger partial charge on any atom is -0.300 e. The fourth-order valence-corrected chi connectivity index (χ4v) is 2.89. The molecule has 0 spiro atoms. The van der Waals surface area contributed by atoms with E-state index in [1.165, 1.54) is 45.2 Å². The maximum atomic E-state index is 2.71. The van der Waals surface area contributed by atoms with Crippen LogP contribution < -0.4 is 0 Å². The fraction of sp³-hybridized carbons (Fsp3) is 1.00. The van der Waals surface area contributed by atoms with Gasteiger partial charge in [0.25, 0.3) is 0 Å². The normalized spacial score (nSPS) is 37.9. The molecule has 0 aromatic carbocycles. The van der Waals surface area contributed by atoms with Crippen molar-refractivity contribution >= 4 is 0 Å². The summed E-state index contributed by atoms with van der Waals surface area (Å²) in [4.78, 5) is 2.71. The third-order valence-corrected chi connectivity index (χ3v) is 3.40. The Morgan fingerprint density at radius 3 is 3.00 bits per heavy atom. The predicted molar refractivity (Wildman–Crippen MR) is 47.6 cm³/mol. The number of hydrogen-bond donors (Lipinski definition) is 0. The Balaban J connectivity index is 1.92. The zero-order chi connectivity index (χ0) is 7.68. The standard InChI is InChI=1S/C10H19N/c1-2-4-9-6-8-11-7-3-5-10(9)11/h9-10H,2-8H2,1H3. The maximum Gasteiger partial charge on any atom is 0.0124 e. The molecule has 64 valence electrons. The van der Waals surface area contributed by atoms with Crippen LogP contribution in [0.15, 0.2) is 0 Å². The second-order valence-electron chi connectivity index (χ2n) is 4.08. The largest absolute Gasteiger partial charge is 0.300 e. The molecule has 0 N–H and O–H groups in total. The summed E-state index contributed by atoms with van der Waals surface area (Å²) in [5, 5.41) is 0. The summed E-state index contributed by atoms with van der Waals surface area (Å²) in [7, 11) is 0. The molecule has 0 radical (unpaired) electrons. The van der Waals surface area contributed by atoms with Crippen molar-refractivity contribution in [1.29, 1.82) is 0 Å². The van der Waals surface area contributed by atoms with Crippen LogP contribution in [0.25, 0.3) is 0 Å². The van der Waals surface area contributed by atoms with Gasteiger partial charge < -0.3 is 4.90 Å². The minimum absolute atomic E-state index is 0.995. The Morgan fingerprint density at radius 2 is 2.18 bits per heavy atom. The lowest BCUT2D eigenvalue weighted by molar-refractivity contribution is 0.283. The van der Waals surface area contributed by atoms with Crippen molar-refractivity contribution in [2.75, 3.05) is 13.1 Å². The lowest BCUT2D eigenvalue weighted by Crippen LogP contribution is -2.25. The number of nitrogens with zero attached hydrogens (tertiary/aromatic N) is 1. The molecule has 2 aliphatic heterocycles. The maximum absolute atomic E-state index is 2.71. The average Bonchev–Trinajstić information content (AvgIpc) is 2.53. The molecule has 0 aromatic heterocycles. The van der Waals surface area contributed by atoms with E-state index in [4.69, 9.17) is 0 Å². The fourth-order valence-electron chi connectivity index (χ4n) is 2.89. The van der Waals surface area contributed by atoms with Crippen LogP contribution >= 0.6 is 0 Å². The van der Waals surface area contributed by atoms with Crippen LogP contribution in [0.2, 0.25) is 0 Å². The first-order valence-electron chi connectivity index (χ1n) is 5.16. The lowest BCUT2D eigenvalue weighted by Gasteiger charge is -2.19. The molecular weight excluding hydrogens is 134 g/mol. The summed E-state index contributed by atoms with van der Waals surface area (Å²) in [6.45, 7) is 5.11. The highest BCUT2D eigenvalue weighted by Crippen LogP contribution is 2.34. The summed E-state index contributed by atoms with van der Waals surface area (Å²) in [5.74, 6) is 1.06. The van der Waals surface area contributed by atoms with Crippen LogP contribution in [0, 0.1) is 5.92 Å². The van der Waals surface area contributed by atoms with Gasteiger partial charge in [0.2, 0.25) is 0 Å². The van der Waals surface area contributed by atoms with E-state index in [0.29, 0.717) is 0 Å². The summed E-state index contributed by atoms with van der Waals surface area (Å²) < 4.78 is 0. The number of hydrogen-bond acceptors (Lipinski definition) is 1. The van der Waals surface area contributed by atoms with Crippen LogP contribution in [0.1, 0.15) is 39.0 Å². The highest BCUT2D eigenvalue weighted by Gasteiger charge is 2.35. The number of fused-ring (bicyclic) bond motifs is 1. The molecule has 1 heteroatoms. The summed E-state index contributed by atoms with van der Waals surface area (Å²) in [6, 6.07) is 0.995. The van der Waals surface area contributed by atoms with E-state index < -0.39 is 0 Å². The van der Waals surface area contributed by atoms with Gasteiger partial charge in [-0.2, -0.15) is 0 Å². The molecule has 0 saturated carbocycles. The van der Waals surface area contributed by atoms with Gasteiger partial charge in [-0.3, -0.25) is 0 Å². The van der Waals surface area contributed by atoms with Gasteiger partial charge in [0.1, 0.15) is 0 Å². The van der Waals surface area contributed by atoms with Crippen molar-refractivity contribution in [3.8, 4) is 0 Å². The van der Waals surface area contributed by atoms with Crippen LogP contribution in [0.4, 0.5) is 0 Å². The first-order valence-corrected chi connectivity index (χ1v) is 5.16. The molecule has 0 bridgehead atoms. The van der Waals surface area contributed by atoms with E-state index in [1.54, 1.807) is 0 Å². The van der Waals surface area contributed by atoms with Crippen molar-refractivity contribution in [2.45, 2.75) is 45.1 Å².